The molecule has 0 fully saturated rings. The number of carbonyl (C=O) groups excluding carboxylic acids is 2. The summed E-state index contributed by atoms with van der Waals surface area (Å²) in [6.07, 6.45) is 1.77. The number of nitrogens with one attached hydrogen (secondary N) is 1. The van der Waals surface area contributed by atoms with Gasteiger partial charge in [0.05, 0.1) is 5.39 Å². The third-order valence-electron chi connectivity index (χ3n) is 4.94. The number of hydrogen-bond donors (Lipinski definition) is 1. The first-order valence-corrected chi connectivity index (χ1v) is 10.6. The van der Waals surface area contributed by atoms with Gasteiger partial charge in [-0.25, -0.2) is 14.4 Å². The Labute approximate surface area is 186 Å². The zero-order valence-electron chi connectivity index (χ0n) is 18.5. The molecule has 0 radical (unpaired) electrons. The topological polar surface area (TPSA) is 94.8 Å². The maximum atomic E-state index is 12.7. The van der Waals surface area contributed by atoms with E-state index in [1.165, 1.54) is 13.0 Å². The Morgan fingerprint density at radius 1 is 1.12 bits per heavy atom. The molecule has 168 valence electrons. The standard InChI is InChI=1S/C25H27NO6/c1-4-5-11-19-14-22(27)31-20-12-16(2)13-21(23(19)20)32-24(28)17(3)26-25(29)30-15-18-9-7-6-8-10-18/h6-10,12-14,17H,4-5,11,15H2,1-3H3,(H,26,29)/t17-/m1/s1. The minimum Gasteiger partial charge on any atom is -0.445 e. The number of amides is 1. The Kier molecular flexibility index (Phi) is 7.65. The second kappa shape index (κ2) is 10.6. The van der Waals surface area contributed by atoms with Crippen molar-refractivity contribution in [1.82, 2.24) is 5.32 Å². The van der Waals surface area contributed by atoms with Crippen LogP contribution in [-0.2, 0) is 22.6 Å². The van der Waals surface area contributed by atoms with Crippen LogP contribution in [0.25, 0.3) is 11.0 Å². The summed E-state index contributed by atoms with van der Waals surface area (Å²) >= 11 is 0. The van der Waals surface area contributed by atoms with Crippen LogP contribution in [0.2, 0.25) is 0 Å². The van der Waals surface area contributed by atoms with Gasteiger partial charge >= 0.3 is 17.7 Å². The van der Waals surface area contributed by atoms with E-state index in [0.717, 1.165) is 29.5 Å². The third kappa shape index (κ3) is 5.97. The number of hydrogen-bond acceptors (Lipinski definition) is 6. The molecule has 1 atom stereocenters. The smallest absolute Gasteiger partial charge is 0.408 e. The monoisotopic (exact) mass is 437 g/mol. The summed E-state index contributed by atoms with van der Waals surface area (Å²) in [5, 5.41) is 3.08. The zero-order chi connectivity index (χ0) is 23.1. The van der Waals surface area contributed by atoms with Crippen LogP contribution in [-0.4, -0.2) is 18.1 Å². The normalized spacial score (nSPS) is 11.7. The second-order valence-electron chi connectivity index (χ2n) is 7.68. The number of carbonyl (C=O) groups is 2. The van der Waals surface area contributed by atoms with Crippen molar-refractivity contribution >= 4 is 23.0 Å². The molecule has 7 nitrogen and oxygen atoms in total. The van der Waals surface area contributed by atoms with Crippen molar-refractivity contribution < 1.29 is 23.5 Å². The average molecular weight is 437 g/mol. The van der Waals surface area contributed by atoms with Crippen molar-refractivity contribution in [2.24, 2.45) is 0 Å². The van der Waals surface area contributed by atoms with Crippen LogP contribution in [0.15, 0.2) is 57.7 Å². The van der Waals surface area contributed by atoms with Gasteiger partial charge in [0.2, 0.25) is 0 Å². The summed E-state index contributed by atoms with van der Waals surface area (Å²) in [5.41, 5.74) is 2.31. The van der Waals surface area contributed by atoms with Gasteiger partial charge in [-0.1, -0.05) is 43.7 Å². The molecule has 2 aromatic carbocycles. The van der Waals surface area contributed by atoms with E-state index in [1.807, 2.05) is 37.3 Å². The van der Waals surface area contributed by atoms with Gasteiger partial charge in [0.25, 0.3) is 0 Å². The van der Waals surface area contributed by atoms with Gasteiger partial charge in [-0.2, -0.15) is 0 Å². The molecule has 0 saturated carbocycles. The van der Waals surface area contributed by atoms with E-state index in [2.05, 4.69) is 12.2 Å². The van der Waals surface area contributed by atoms with Crippen LogP contribution in [0.5, 0.6) is 5.75 Å². The first-order chi connectivity index (χ1) is 15.4. The SMILES string of the molecule is CCCCc1cc(=O)oc2cc(C)cc(OC(=O)[C@@H](C)NC(=O)OCc3ccccc3)c12. The fraction of sp³-hybridized carbons (Fsp3) is 0.320. The molecular formula is C25H27NO6. The molecule has 1 amide bonds. The maximum absolute atomic E-state index is 12.7. The Morgan fingerprint density at radius 2 is 1.88 bits per heavy atom. The Bertz CT molecular complexity index is 1150. The minimum atomic E-state index is -0.941. The molecule has 1 aromatic heterocycles. The molecule has 7 heteroatoms. The predicted molar refractivity (Wildman–Crippen MR) is 121 cm³/mol. The van der Waals surface area contributed by atoms with E-state index in [-0.39, 0.29) is 6.61 Å². The molecule has 0 unspecified atom stereocenters. The Hall–Kier alpha value is -3.61. The average Bonchev–Trinajstić information content (AvgIpc) is 2.76. The molecule has 1 N–H and O–H groups in total. The molecule has 0 saturated heterocycles. The number of aryl methyl sites for hydroxylation is 2. The summed E-state index contributed by atoms with van der Waals surface area (Å²) in [6.45, 7) is 5.49. The van der Waals surface area contributed by atoms with Crippen LogP contribution in [0.4, 0.5) is 4.79 Å². The van der Waals surface area contributed by atoms with Crippen LogP contribution in [0.3, 0.4) is 0 Å². The first-order valence-electron chi connectivity index (χ1n) is 10.6. The minimum absolute atomic E-state index is 0.0940. The van der Waals surface area contributed by atoms with Crippen LogP contribution in [0.1, 0.15) is 43.4 Å². The van der Waals surface area contributed by atoms with Crippen molar-refractivity contribution in [2.75, 3.05) is 0 Å². The summed E-state index contributed by atoms with van der Waals surface area (Å²) in [6, 6.07) is 13.2. The highest BCUT2D eigenvalue weighted by Gasteiger charge is 2.21. The molecule has 3 aromatic rings. The van der Waals surface area contributed by atoms with Crippen molar-refractivity contribution in [1.29, 1.82) is 0 Å². The molecule has 1 heterocycles. The lowest BCUT2D eigenvalue weighted by atomic mass is 10.0. The third-order valence-corrected chi connectivity index (χ3v) is 4.94. The maximum Gasteiger partial charge on any atom is 0.408 e. The molecule has 0 aliphatic rings. The number of rotatable bonds is 8. The first kappa shape index (κ1) is 23.1. The summed E-state index contributed by atoms with van der Waals surface area (Å²) in [5.74, 6) is -0.354. The fourth-order valence-corrected chi connectivity index (χ4v) is 3.31. The van der Waals surface area contributed by atoms with Crippen LogP contribution < -0.4 is 15.7 Å². The van der Waals surface area contributed by atoms with E-state index < -0.39 is 23.7 Å². The van der Waals surface area contributed by atoms with Gasteiger partial charge in [0, 0.05) is 6.07 Å². The van der Waals surface area contributed by atoms with E-state index in [9.17, 15) is 14.4 Å². The van der Waals surface area contributed by atoms with E-state index in [0.29, 0.717) is 23.1 Å². The highest BCUT2D eigenvalue weighted by atomic mass is 16.6. The Morgan fingerprint density at radius 3 is 2.59 bits per heavy atom. The van der Waals surface area contributed by atoms with Gasteiger partial charge in [-0.15, -0.1) is 0 Å². The summed E-state index contributed by atoms with van der Waals surface area (Å²) < 4.78 is 16.1. The number of ether oxygens (including phenoxy) is 2. The predicted octanol–water partition coefficient (Wildman–Crippen LogP) is 4.66. The van der Waals surface area contributed by atoms with Gasteiger partial charge in [0.1, 0.15) is 24.0 Å². The number of esters is 1. The molecule has 0 aliphatic carbocycles. The second-order valence-corrected chi connectivity index (χ2v) is 7.68. The van der Waals surface area contributed by atoms with E-state index in [1.54, 1.807) is 12.1 Å². The summed E-state index contributed by atoms with van der Waals surface area (Å²) in [4.78, 5) is 36.7. The van der Waals surface area contributed by atoms with Crippen LogP contribution >= 0.6 is 0 Å². The van der Waals surface area contributed by atoms with Gasteiger partial charge < -0.3 is 19.2 Å². The molecule has 0 bridgehead atoms. The van der Waals surface area contributed by atoms with Gasteiger partial charge in [-0.3, -0.25) is 0 Å². The van der Waals surface area contributed by atoms with Crippen LogP contribution in [0, 0.1) is 6.92 Å². The van der Waals surface area contributed by atoms with Crippen molar-refractivity contribution in [3.8, 4) is 5.75 Å². The Balaban J connectivity index is 1.73. The molecule has 32 heavy (non-hydrogen) atoms. The lowest BCUT2D eigenvalue weighted by Crippen LogP contribution is -2.41. The quantitative estimate of drug-likeness (QED) is 0.313. The highest BCUT2D eigenvalue weighted by molar-refractivity contribution is 5.91. The van der Waals surface area contributed by atoms with E-state index in [4.69, 9.17) is 13.9 Å². The number of fused-ring (bicyclic) bond motifs is 1. The van der Waals surface area contributed by atoms with Crippen molar-refractivity contribution in [2.45, 2.75) is 52.7 Å². The zero-order valence-corrected chi connectivity index (χ0v) is 18.5. The van der Waals surface area contributed by atoms with Crippen molar-refractivity contribution in [3.05, 3.63) is 75.6 Å². The summed E-state index contributed by atoms with van der Waals surface area (Å²) in [7, 11) is 0. The number of alkyl carbamates (subject to hydrolysis) is 1. The molecule has 3 rings (SSSR count). The number of benzene rings is 2. The molecule has 0 spiro atoms. The van der Waals surface area contributed by atoms with Gasteiger partial charge in [0.15, 0.2) is 0 Å². The lowest BCUT2D eigenvalue weighted by Gasteiger charge is -2.16. The lowest BCUT2D eigenvalue weighted by molar-refractivity contribution is -0.136. The van der Waals surface area contributed by atoms with E-state index >= 15 is 0 Å². The number of unbranched alkanes of at least 4 members (excludes halogenated alkanes) is 1. The fourth-order valence-electron chi connectivity index (χ4n) is 3.31. The molecular weight excluding hydrogens is 410 g/mol. The highest BCUT2D eigenvalue weighted by Crippen LogP contribution is 2.31. The van der Waals surface area contributed by atoms with Crippen molar-refractivity contribution in [3.63, 3.8) is 0 Å². The molecule has 0 aliphatic heterocycles. The largest absolute Gasteiger partial charge is 0.445 e. The van der Waals surface area contributed by atoms with Gasteiger partial charge in [-0.05, 0) is 55.5 Å².